The molecular weight excluding hydrogens is 356 g/mol. The fourth-order valence-corrected chi connectivity index (χ4v) is 2.98. The van der Waals surface area contributed by atoms with E-state index in [0.29, 0.717) is 0 Å². The summed E-state index contributed by atoms with van der Waals surface area (Å²) in [6.45, 7) is 6.82. The van der Waals surface area contributed by atoms with Crippen LogP contribution in [0.4, 0.5) is 0 Å². The van der Waals surface area contributed by atoms with Crippen LogP contribution < -0.4 is 10.6 Å². The van der Waals surface area contributed by atoms with E-state index in [4.69, 9.17) is 9.47 Å². The molecule has 0 aliphatic heterocycles. The van der Waals surface area contributed by atoms with Crippen LogP contribution in [0.25, 0.3) is 0 Å². The second-order valence-electron chi connectivity index (χ2n) is 6.54. The van der Waals surface area contributed by atoms with Crippen molar-refractivity contribution in [3.05, 3.63) is 12.2 Å². The molecule has 1 aliphatic carbocycles. The number of hydrogen-bond donors (Lipinski definition) is 2. The van der Waals surface area contributed by atoms with Crippen LogP contribution in [0.3, 0.4) is 0 Å². The van der Waals surface area contributed by atoms with Crippen molar-refractivity contribution >= 4 is 29.5 Å². The number of ketones is 1. The van der Waals surface area contributed by atoms with Gasteiger partial charge in [0.25, 0.3) is 0 Å². The summed E-state index contributed by atoms with van der Waals surface area (Å²) in [5.74, 6) is -2.82. The molecule has 1 aliphatic rings. The number of carbonyl (C=O) groups is 5. The molecule has 0 spiro atoms. The molecule has 0 fully saturated rings. The average molecular weight is 382 g/mol. The van der Waals surface area contributed by atoms with Crippen LogP contribution in [0.5, 0.6) is 0 Å². The number of allylic oxidation sites excluding steroid dienone is 1. The van der Waals surface area contributed by atoms with Crippen molar-refractivity contribution in [2.24, 2.45) is 5.92 Å². The SMILES string of the molecule is CC(=O)NC(C)C(=O)NC(C(C)OC(C)=O)C1CC(=O)C=CC1OC(C)=O. The smallest absolute Gasteiger partial charge is 0.303 e. The fraction of sp³-hybridized carbons (Fsp3) is 0.611. The molecule has 27 heavy (non-hydrogen) atoms. The molecule has 0 saturated carbocycles. The van der Waals surface area contributed by atoms with E-state index >= 15 is 0 Å². The molecule has 9 heteroatoms. The summed E-state index contributed by atoms with van der Waals surface area (Å²) >= 11 is 0. The number of carbonyl (C=O) groups excluding carboxylic acids is 5. The Bertz CT molecular complexity index is 644. The van der Waals surface area contributed by atoms with Gasteiger partial charge in [-0.15, -0.1) is 0 Å². The van der Waals surface area contributed by atoms with Gasteiger partial charge in [0, 0.05) is 33.1 Å². The molecule has 0 aromatic rings. The topological polar surface area (TPSA) is 128 Å². The third-order valence-corrected chi connectivity index (χ3v) is 4.07. The molecule has 0 aromatic carbocycles. The summed E-state index contributed by atoms with van der Waals surface area (Å²) in [5.41, 5.74) is 0. The Morgan fingerprint density at radius 3 is 2.22 bits per heavy atom. The van der Waals surface area contributed by atoms with Crippen LogP contribution in [0, 0.1) is 5.92 Å². The number of ether oxygens (including phenoxy) is 2. The van der Waals surface area contributed by atoms with Gasteiger partial charge in [-0.1, -0.05) is 0 Å². The predicted octanol–water partition coefficient (Wildman–Crippen LogP) is 0.0243. The number of rotatable bonds is 7. The van der Waals surface area contributed by atoms with E-state index < -0.39 is 48.1 Å². The van der Waals surface area contributed by atoms with Gasteiger partial charge < -0.3 is 20.1 Å². The van der Waals surface area contributed by atoms with Crippen molar-refractivity contribution < 1.29 is 33.4 Å². The maximum absolute atomic E-state index is 12.5. The van der Waals surface area contributed by atoms with Crippen LogP contribution in [0.1, 0.15) is 41.0 Å². The van der Waals surface area contributed by atoms with Crippen LogP contribution in [-0.2, 0) is 33.4 Å². The van der Waals surface area contributed by atoms with Gasteiger partial charge in [-0.05, 0) is 26.0 Å². The number of esters is 2. The number of amides is 2. The normalized spacial score (nSPS) is 22.2. The van der Waals surface area contributed by atoms with Crippen molar-refractivity contribution in [3.63, 3.8) is 0 Å². The van der Waals surface area contributed by atoms with Crippen molar-refractivity contribution in [3.8, 4) is 0 Å². The van der Waals surface area contributed by atoms with Crippen molar-refractivity contribution in [2.45, 2.75) is 65.3 Å². The maximum Gasteiger partial charge on any atom is 0.303 e. The van der Waals surface area contributed by atoms with Gasteiger partial charge in [0.1, 0.15) is 18.2 Å². The van der Waals surface area contributed by atoms with Crippen molar-refractivity contribution in [1.82, 2.24) is 10.6 Å². The van der Waals surface area contributed by atoms with E-state index in [2.05, 4.69) is 10.6 Å². The quantitative estimate of drug-likeness (QED) is 0.594. The summed E-state index contributed by atoms with van der Waals surface area (Å²) in [5, 5.41) is 5.17. The monoisotopic (exact) mass is 382 g/mol. The van der Waals surface area contributed by atoms with Gasteiger partial charge in [-0.2, -0.15) is 0 Å². The molecule has 0 heterocycles. The van der Waals surface area contributed by atoms with Gasteiger partial charge in [0.2, 0.25) is 11.8 Å². The standard InChI is InChI=1S/C18H26N2O7/c1-9(19-11(3)21)18(25)20-17(10(2)26-12(4)22)15-8-14(24)6-7-16(15)27-13(5)23/h6-7,9-10,15-17H,8H2,1-5H3,(H,19,21)(H,20,25). The Hall–Kier alpha value is -2.71. The first-order valence-corrected chi connectivity index (χ1v) is 8.64. The highest BCUT2D eigenvalue weighted by Gasteiger charge is 2.39. The van der Waals surface area contributed by atoms with Crippen LogP contribution in [0.15, 0.2) is 12.2 Å². The van der Waals surface area contributed by atoms with Gasteiger partial charge in [0.05, 0.1) is 6.04 Å². The van der Waals surface area contributed by atoms with Gasteiger partial charge >= 0.3 is 11.9 Å². The number of hydrogen-bond acceptors (Lipinski definition) is 7. The highest BCUT2D eigenvalue weighted by molar-refractivity contribution is 5.91. The van der Waals surface area contributed by atoms with E-state index in [-0.39, 0.29) is 18.1 Å². The minimum Gasteiger partial charge on any atom is -0.461 e. The minimum absolute atomic E-state index is 0.000480. The van der Waals surface area contributed by atoms with Crippen LogP contribution in [-0.4, -0.2) is 53.8 Å². The molecular formula is C18H26N2O7. The second-order valence-corrected chi connectivity index (χ2v) is 6.54. The zero-order valence-electron chi connectivity index (χ0n) is 16.1. The summed E-state index contributed by atoms with van der Waals surface area (Å²) in [6, 6.07) is -1.65. The first-order chi connectivity index (χ1) is 12.5. The number of nitrogens with one attached hydrogen (secondary N) is 2. The van der Waals surface area contributed by atoms with E-state index in [0.717, 1.165) is 0 Å². The lowest BCUT2D eigenvalue weighted by Gasteiger charge is -2.36. The molecule has 0 saturated heterocycles. The molecule has 0 radical (unpaired) electrons. The Balaban J connectivity index is 3.10. The lowest BCUT2D eigenvalue weighted by molar-refractivity contribution is -0.155. The summed E-state index contributed by atoms with van der Waals surface area (Å²) in [7, 11) is 0. The highest BCUT2D eigenvalue weighted by atomic mass is 16.5. The lowest BCUT2D eigenvalue weighted by Crippen LogP contribution is -2.57. The highest BCUT2D eigenvalue weighted by Crippen LogP contribution is 2.26. The van der Waals surface area contributed by atoms with Gasteiger partial charge in [0.15, 0.2) is 5.78 Å². The van der Waals surface area contributed by atoms with E-state index in [9.17, 15) is 24.0 Å². The van der Waals surface area contributed by atoms with E-state index in [1.807, 2.05) is 0 Å². The summed E-state index contributed by atoms with van der Waals surface area (Å²) in [4.78, 5) is 58.3. The average Bonchev–Trinajstić information content (AvgIpc) is 2.52. The Kier molecular flexibility index (Phi) is 8.14. The first kappa shape index (κ1) is 22.3. The predicted molar refractivity (Wildman–Crippen MR) is 94.2 cm³/mol. The summed E-state index contributed by atoms with van der Waals surface area (Å²) < 4.78 is 10.5. The second kappa shape index (κ2) is 9.84. The van der Waals surface area contributed by atoms with Gasteiger partial charge in [-0.3, -0.25) is 24.0 Å². The van der Waals surface area contributed by atoms with E-state index in [1.165, 1.54) is 39.8 Å². The Morgan fingerprint density at radius 2 is 1.70 bits per heavy atom. The summed E-state index contributed by atoms with van der Waals surface area (Å²) in [6.07, 6.45) is 1.21. The molecule has 0 bridgehead atoms. The third-order valence-electron chi connectivity index (χ3n) is 4.07. The molecule has 5 unspecified atom stereocenters. The van der Waals surface area contributed by atoms with Crippen LogP contribution >= 0.6 is 0 Å². The van der Waals surface area contributed by atoms with E-state index in [1.54, 1.807) is 6.92 Å². The minimum atomic E-state index is -0.837. The molecule has 2 amide bonds. The molecule has 9 nitrogen and oxygen atoms in total. The maximum atomic E-state index is 12.5. The molecule has 150 valence electrons. The Morgan fingerprint density at radius 1 is 1.07 bits per heavy atom. The molecule has 0 aromatic heterocycles. The first-order valence-electron chi connectivity index (χ1n) is 8.64. The molecule has 2 N–H and O–H groups in total. The van der Waals surface area contributed by atoms with Crippen molar-refractivity contribution in [1.29, 1.82) is 0 Å². The fourth-order valence-electron chi connectivity index (χ4n) is 2.98. The lowest BCUT2D eigenvalue weighted by atomic mass is 9.82. The zero-order valence-corrected chi connectivity index (χ0v) is 16.1. The van der Waals surface area contributed by atoms with Crippen molar-refractivity contribution in [2.75, 3.05) is 0 Å². The largest absolute Gasteiger partial charge is 0.461 e. The third kappa shape index (κ3) is 7.20. The molecule has 1 rings (SSSR count). The molecule has 5 atom stereocenters. The van der Waals surface area contributed by atoms with Crippen LogP contribution in [0.2, 0.25) is 0 Å². The van der Waals surface area contributed by atoms with Gasteiger partial charge in [-0.25, -0.2) is 0 Å². The Labute approximate surface area is 157 Å². The zero-order chi connectivity index (χ0) is 20.7.